The molecule has 14 heavy (non-hydrogen) atoms. The molecule has 1 fully saturated rings. The van der Waals surface area contributed by atoms with Gasteiger partial charge in [-0.3, -0.25) is 4.79 Å². The molecule has 1 aliphatic carbocycles. The predicted molar refractivity (Wildman–Crippen MR) is 54.5 cm³/mol. The highest BCUT2D eigenvalue weighted by Crippen LogP contribution is 2.22. The Hall–Kier alpha value is -1.04. The second-order valence-corrected chi connectivity index (χ2v) is 3.95. The molecule has 1 aliphatic rings. The first-order valence-corrected chi connectivity index (χ1v) is 5.38. The maximum absolute atomic E-state index is 11.6. The molecule has 0 spiro atoms. The molecule has 1 rings (SSSR count). The van der Waals surface area contributed by atoms with Gasteiger partial charge in [0.2, 0.25) is 5.91 Å². The van der Waals surface area contributed by atoms with Crippen molar-refractivity contribution in [2.24, 2.45) is 0 Å². The number of rotatable bonds is 3. The Morgan fingerprint density at radius 2 is 2.07 bits per heavy atom. The van der Waals surface area contributed by atoms with Crippen LogP contribution >= 0.6 is 0 Å². The van der Waals surface area contributed by atoms with Gasteiger partial charge in [-0.05, 0) is 12.8 Å². The van der Waals surface area contributed by atoms with E-state index in [1.165, 1.54) is 19.3 Å². The summed E-state index contributed by atoms with van der Waals surface area (Å²) in [5.74, 6) is 0.124. The van der Waals surface area contributed by atoms with Gasteiger partial charge in [0.25, 0.3) is 0 Å². The zero-order valence-corrected chi connectivity index (χ0v) is 8.83. The number of hydrogen-bond acceptors (Lipinski definition) is 2. The van der Waals surface area contributed by atoms with Gasteiger partial charge in [-0.1, -0.05) is 19.3 Å². The van der Waals surface area contributed by atoms with Crippen LogP contribution < -0.4 is 0 Å². The molecular weight excluding hydrogens is 176 g/mol. The van der Waals surface area contributed by atoms with Gasteiger partial charge in [0, 0.05) is 25.9 Å². The lowest BCUT2D eigenvalue weighted by Gasteiger charge is -2.31. The molecule has 78 valence electrons. The monoisotopic (exact) mass is 194 g/mol. The fourth-order valence-corrected chi connectivity index (χ4v) is 2.01. The van der Waals surface area contributed by atoms with E-state index in [-0.39, 0.29) is 5.91 Å². The summed E-state index contributed by atoms with van der Waals surface area (Å²) in [5, 5.41) is 8.39. The molecule has 0 aliphatic heterocycles. The first-order chi connectivity index (χ1) is 6.75. The summed E-state index contributed by atoms with van der Waals surface area (Å²) in [6.07, 6.45) is 6.76. The Morgan fingerprint density at radius 1 is 1.43 bits per heavy atom. The van der Waals surface area contributed by atoms with Crippen LogP contribution in [0.1, 0.15) is 44.9 Å². The Kier molecular flexibility index (Phi) is 4.45. The average molecular weight is 194 g/mol. The molecule has 0 aromatic rings. The lowest BCUT2D eigenvalue weighted by Crippen LogP contribution is -2.38. The van der Waals surface area contributed by atoms with E-state index in [4.69, 9.17) is 5.26 Å². The van der Waals surface area contributed by atoms with Crippen molar-refractivity contribution in [1.29, 1.82) is 5.26 Å². The van der Waals surface area contributed by atoms with Crippen molar-refractivity contribution >= 4 is 5.91 Å². The summed E-state index contributed by atoms with van der Waals surface area (Å²) in [6, 6.07) is 2.43. The molecule has 0 saturated heterocycles. The molecule has 0 radical (unpaired) electrons. The van der Waals surface area contributed by atoms with Gasteiger partial charge in [-0.25, -0.2) is 0 Å². The fraction of sp³-hybridized carbons (Fsp3) is 0.818. The van der Waals surface area contributed by atoms with E-state index in [1.54, 1.807) is 0 Å². The van der Waals surface area contributed by atoms with Crippen LogP contribution in [0.15, 0.2) is 0 Å². The van der Waals surface area contributed by atoms with Gasteiger partial charge in [-0.2, -0.15) is 5.26 Å². The number of nitriles is 1. The fourth-order valence-electron chi connectivity index (χ4n) is 2.01. The van der Waals surface area contributed by atoms with E-state index in [9.17, 15) is 4.79 Å². The van der Waals surface area contributed by atoms with Crippen LogP contribution in [0.2, 0.25) is 0 Å². The van der Waals surface area contributed by atoms with Crippen LogP contribution in [0.3, 0.4) is 0 Å². The Bertz CT molecular complexity index is 226. The Labute approximate surface area is 85.7 Å². The molecule has 0 unspecified atom stereocenters. The maximum Gasteiger partial charge on any atom is 0.223 e. The summed E-state index contributed by atoms with van der Waals surface area (Å²) in [6.45, 7) is 0. The molecule has 0 bridgehead atoms. The van der Waals surface area contributed by atoms with Gasteiger partial charge < -0.3 is 4.90 Å². The van der Waals surface area contributed by atoms with Crippen LogP contribution in [0.4, 0.5) is 0 Å². The molecular formula is C11H18N2O. The molecule has 0 heterocycles. The number of carbonyl (C=O) groups is 1. The molecule has 0 aromatic carbocycles. The van der Waals surface area contributed by atoms with Crippen molar-refractivity contribution in [3.8, 4) is 6.07 Å². The number of nitrogens with zero attached hydrogens (tertiary/aromatic N) is 2. The number of amides is 1. The lowest BCUT2D eigenvalue weighted by molar-refractivity contribution is -0.132. The average Bonchev–Trinajstić information content (AvgIpc) is 2.26. The van der Waals surface area contributed by atoms with E-state index in [2.05, 4.69) is 0 Å². The smallest absolute Gasteiger partial charge is 0.223 e. The quantitative estimate of drug-likeness (QED) is 0.690. The molecule has 1 amide bonds. The lowest BCUT2D eigenvalue weighted by atomic mass is 9.94. The van der Waals surface area contributed by atoms with E-state index < -0.39 is 0 Å². The predicted octanol–water partition coefficient (Wildman–Crippen LogP) is 2.08. The van der Waals surface area contributed by atoms with Crippen molar-refractivity contribution in [2.45, 2.75) is 51.0 Å². The zero-order valence-electron chi connectivity index (χ0n) is 8.83. The van der Waals surface area contributed by atoms with Gasteiger partial charge in [-0.15, -0.1) is 0 Å². The van der Waals surface area contributed by atoms with E-state index in [1.807, 2.05) is 18.0 Å². The summed E-state index contributed by atoms with van der Waals surface area (Å²) in [5.41, 5.74) is 0. The zero-order chi connectivity index (χ0) is 10.4. The van der Waals surface area contributed by atoms with Gasteiger partial charge in [0.15, 0.2) is 0 Å². The highest BCUT2D eigenvalue weighted by molar-refractivity contribution is 5.76. The number of hydrogen-bond donors (Lipinski definition) is 0. The topological polar surface area (TPSA) is 44.1 Å². The van der Waals surface area contributed by atoms with Gasteiger partial charge in [0.05, 0.1) is 6.07 Å². The third-order valence-electron chi connectivity index (χ3n) is 2.97. The largest absolute Gasteiger partial charge is 0.343 e. The summed E-state index contributed by atoms with van der Waals surface area (Å²) >= 11 is 0. The van der Waals surface area contributed by atoms with Crippen molar-refractivity contribution in [2.75, 3.05) is 7.05 Å². The molecule has 1 saturated carbocycles. The third kappa shape index (κ3) is 3.02. The Balaban J connectivity index is 2.35. The van der Waals surface area contributed by atoms with Crippen molar-refractivity contribution < 1.29 is 4.79 Å². The Morgan fingerprint density at radius 3 is 2.64 bits per heavy atom. The molecule has 3 nitrogen and oxygen atoms in total. The molecule has 0 aromatic heterocycles. The van der Waals surface area contributed by atoms with Crippen LogP contribution in [0.5, 0.6) is 0 Å². The second-order valence-electron chi connectivity index (χ2n) is 3.95. The molecule has 3 heteroatoms. The van der Waals surface area contributed by atoms with Crippen molar-refractivity contribution in [3.63, 3.8) is 0 Å². The van der Waals surface area contributed by atoms with Crippen molar-refractivity contribution in [3.05, 3.63) is 0 Å². The van der Waals surface area contributed by atoms with Crippen molar-refractivity contribution in [1.82, 2.24) is 4.90 Å². The summed E-state index contributed by atoms with van der Waals surface area (Å²) in [7, 11) is 1.87. The van der Waals surface area contributed by atoms with Crippen LogP contribution in [0, 0.1) is 11.3 Å². The maximum atomic E-state index is 11.6. The molecule has 0 N–H and O–H groups in total. The first-order valence-electron chi connectivity index (χ1n) is 5.38. The number of carbonyl (C=O) groups excluding carboxylic acids is 1. The SMILES string of the molecule is CN(C(=O)CCC#N)C1CCCCC1. The van der Waals surface area contributed by atoms with Crippen LogP contribution in [-0.4, -0.2) is 23.9 Å². The standard InChI is InChI=1S/C11H18N2O/c1-13(11(14)8-5-9-12)10-6-3-2-4-7-10/h10H,2-8H2,1H3. The van der Waals surface area contributed by atoms with Crippen LogP contribution in [-0.2, 0) is 4.79 Å². The molecule has 0 atom stereocenters. The minimum Gasteiger partial charge on any atom is -0.343 e. The second kappa shape index (κ2) is 5.64. The highest BCUT2D eigenvalue weighted by atomic mass is 16.2. The summed E-state index contributed by atoms with van der Waals surface area (Å²) < 4.78 is 0. The highest BCUT2D eigenvalue weighted by Gasteiger charge is 2.21. The van der Waals surface area contributed by atoms with E-state index in [0.29, 0.717) is 18.9 Å². The third-order valence-corrected chi connectivity index (χ3v) is 2.97. The first kappa shape index (κ1) is 11.0. The van der Waals surface area contributed by atoms with E-state index >= 15 is 0 Å². The normalized spacial score (nSPS) is 17.4. The summed E-state index contributed by atoms with van der Waals surface area (Å²) in [4.78, 5) is 13.4. The van der Waals surface area contributed by atoms with Gasteiger partial charge in [0.1, 0.15) is 0 Å². The van der Waals surface area contributed by atoms with Gasteiger partial charge >= 0.3 is 0 Å². The van der Waals surface area contributed by atoms with E-state index in [0.717, 1.165) is 12.8 Å². The van der Waals surface area contributed by atoms with Crippen LogP contribution in [0.25, 0.3) is 0 Å². The minimum absolute atomic E-state index is 0.124. The minimum atomic E-state index is 0.124.